The van der Waals surface area contributed by atoms with Crippen LogP contribution in [-0.4, -0.2) is 6.61 Å². The fourth-order valence-electron chi connectivity index (χ4n) is 1.08. The van der Waals surface area contributed by atoms with E-state index in [0.717, 1.165) is 30.9 Å². The summed E-state index contributed by atoms with van der Waals surface area (Å²) in [6, 6.07) is 7.60. The van der Waals surface area contributed by atoms with Gasteiger partial charge >= 0.3 is 0 Å². The first-order valence-corrected chi connectivity index (χ1v) is 4.88. The van der Waals surface area contributed by atoms with Crippen LogP contribution in [0.4, 0.5) is 0 Å². The molecule has 0 amide bonds. The van der Waals surface area contributed by atoms with Gasteiger partial charge in [0.2, 0.25) is 0 Å². The Morgan fingerprint density at radius 2 is 2.00 bits per heavy atom. The third kappa shape index (κ3) is 3.13. The van der Waals surface area contributed by atoms with E-state index in [0.29, 0.717) is 0 Å². The molecule has 0 saturated heterocycles. The molecule has 0 bridgehead atoms. The number of hydrogen-bond acceptors (Lipinski definition) is 2. The molecular weight excluding hydrogens is 176 g/mol. The zero-order chi connectivity index (χ0) is 10.2. The molecular formula is C12H16O2. The van der Waals surface area contributed by atoms with Crippen molar-refractivity contribution in [2.75, 3.05) is 6.61 Å². The predicted molar refractivity (Wildman–Crippen MR) is 57.7 cm³/mol. The number of benzene rings is 1. The first-order chi connectivity index (χ1) is 6.88. The second-order valence-electron chi connectivity index (χ2n) is 2.93. The summed E-state index contributed by atoms with van der Waals surface area (Å²) in [4.78, 5) is 0. The molecule has 76 valence electrons. The highest BCUT2D eigenvalue weighted by atomic mass is 16.5. The van der Waals surface area contributed by atoms with Crippen LogP contribution in [0.15, 0.2) is 37.1 Å². The van der Waals surface area contributed by atoms with E-state index in [4.69, 9.17) is 9.47 Å². The van der Waals surface area contributed by atoms with Gasteiger partial charge in [-0.2, -0.15) is 0 Å². The average molecular weight is 192 g/mol. The van der Waals surface area contributed by atoms with Crippen LogP contribution in [0.1, 0.15) is 19.8 Å². The topological polar surface area (TPSA) is 18.5 Å². The van der Waals surface area contributed by atoms with Gasteiger partial charge in [-0.25, -0.2) is 0 Å². The molecule has 2 heteroatoms. The van der Waals surface area contributed by atoms with E-state index >= 15 is 0 Å². The highest BCUT2D eigenvalue weighted by molar-refractivity contribution is 5.39. The molecule has 0 aliphatic heterocycles. The van der Waals surface area contributed by atoms with Gasteiger partial charge in [0.1, 0.15) is 0 Å². The SMILES string of the molecule is C=COc1ccccc1OCCCC. The van der Waals surface area contributed by atoms with E-state index in [1.807, 2.05) is 24.3 Å². The molecule has 14 heavy (non-hydrogen) atoms. The summed E-state index contributed by atoms with van der Waals surface area (Å²) < 4.78 is 10.8. The monoisotopic (exact) mass is 192 g/mol. The standard InChI is InChI=1S/C12H16O2/c1-3-5-10-14-12-9-7-6-8-11(12)13-4-2/h4,6-9H,2-3,5,10H2,1H3. The van der Waals surface area contributed by atoms with Crippen LogP contribution in [0.3, 0.4) is 0 Å². The van der Waals surface area contributed by atoms with Gasteiger partial charge in [-0.3, -0.25) is 0 Å². The summed E-state index contributed by atoms with van der Waals surface area (Å²) in [5.41, 5.74) is 0. The molecule has 1 rings (SSSR count). The molecule has 0 spiro atoms. The molecule has 1 aromatic rings. The molecule has 0 N–H and O–H groups in total. The average Bonchev–Trinajstić information content (AvgIpc) is 2.21. The van der Waals surface area contributed by atoms with Crippen molar-refractivity contribution in [2.24, 2.45) is 0 Å². The normalized spacial score (nSPS) is 9.50. The highest BCUT2D eigenvalue weighted by Crippen LogP contribution is 2.26. The van der Waals surface area contributed by atoms with Crippen molar-refractivity contribution < 1.29 is 9.47 Å². The van der Waals surface area contributed by atoms with Crippen LogP contribution < -0.4 is 9.47 Å². The Morgan fingerprint density at radius 1 is 1.29 bits per heavy atom. The molecule has 0 heterocycles. The maximum atomic E-state index is 5.56. The summed E-state index contributed by atoms with van der Waals surface area (Å²) in [6.07, 6.45) is 3.59. The first kappa shape index (κ1) is 10.6. The van der Waals surface area contributed by atoms with E-state index in [1.165, 1.54) is 6.26 Å². The molecule has 0 aliphatic rings. The highest BCUT2D eigenvalue weighted by Gasteiger charge is 2.01. The quantitative estimate of drug-likeness (QED) is 0.508. The lowest BCUT2D eigenvalue weighted by atomic mass is 10.3. The fraction of sp³-hybridized carbons (Fsp3) is 0.333. The lowest BCUT2D eigenvalue weighted by molar-refractivity contribution is 0.295. The third-order valence-electron chi connectivity index (χ3n) is 1.81. The summed E-state index contributed by atoms with van der Waals surface area (Å²) in [7, 11) is 0. The molecule has 0 fully saturated rings. The van der Waals surface area contributed by atoms with Gasteiger partial charge in [0.05, 0.1) is 12.9 Å². The molecule has 0 unspecified atom stereocenters. The third-order valence-corrected chi connectivity index (χ3v) is 1.81. The fourth-order valence-corrected chi connectivity index (χ4v) is 1.08. The summed E-state index contributed by atoms with van der Waals surface area (Å²) in [6.45, 7) is 6.38. The van der Waals surface area contributed by atoms with Crippen molar-refractivity contribution in [3.05, 3.63) is 37.1 Å². The zero-order valence-electron chi connectivity index (χ0n) is 8.53. The Labute approximate surface area is 85.2 Å². The minimum absolute atomic E-state index is 0.721. The van der Waals surface area contributed by atoms with E-state index < -0.39 is 0 Å². The van der Waals surface area contributed by atoms with E-state index in [9.17, 15) is 0 Å². The van der Waals surface area contributed by atoms with Crippen molar-refractivity contribution >= 4 is 0 Å². The molecule has 0 aliphatic carbocycles. The van der Waals surface area contributed by atoms with E-state index in [1.54, 1.807) is 0 Å². The smallest absolute Gasteiger partial charge is 0.168 e. The van der Waals surface area contributed by atoms with Gasteiger partial charge < -0.3 is 9.47 Å². The van der Waals surface area contributed by atoms with Gasteiger partial charge in [-0.1, -0.05) is 32.1 Å². The molecule has 0 radical (unpaired) electrons. The zero-order valence-corrected chi connectivity index (χ0v) is 8.53. The predicted octanol–water partition coefficient (Wildman–Crippen LogP) is 3.39. The van der Waals surface area contributed by atoms with E-state index in [-0.39, 0.29) is 0 Å². The number of ether oxygens (including phenoxy) is 2. The first-order valence-electron chi connectivity index (χ1n) is 4.88. The lowest BCUT2D eigenvalue weighted by Gasteiger charge is -2.09. The van der Waals surface area contributed by atoms with Crippen molar-refractivity contribution in [3.8, 4) is 11.5 Å². The van der Waals surface area contributed by atoms with Crippen LogP contribution in [0.5, 0.6) is 11.5 Å². The van der Waals surface area contributed by atoms with Gasteiger partial charge in [0.25, 0.3) is 0 Å². The molecule has 0 atom stereocenters. The maximum Gasteiger partial charge on any atom is 0.168 e. The second kappa shape index (κ2) is 6.08. The summed E-state index contributed by atoms with van der Waals surface area (Å²) in [5.74, 6) is 1.50. The summed E-state index contributed by atoms with van der Waals surface area (Å²) >= 11 is 0. The maximum absolute atomic E-state index is 5.56. The van der Waals surface area contributed by atoms with Crippen molar-refractivity contribution in [1.29, 1.82) is 0 Å². The Kier molecular flexibility index (Phi) is 4.62. The number of hydrogen-bond donors (Lipinski definition) is 0. The summed E-state index contributed by atoms with van der Waals surface area (Å²) in [5, 5.41) is 0. The van der Waals surface area contributed by atoms with Crippen molar-refractivity contribution in [1.82, 2.24) is 0 Å². The van der Waals surface area contributed by atoms with Crippen LogP contribution in [0.2, 0.25) is 0 Å². The number of unbranched alkanes of at least 4 members (excludes halogenated alkanes) is 1. The van der Waals surface area contributed by atoms with Crippen LogP contribution >= 0.6 is 0 Å². The minimum atomic E-state index is 0.721. The Balaban J connectivity index is 2.59. The lowest BCUT2D eigenvalue weighted by Crippen LogP contribution is -1.97. The minimum Gasteiger partial charge on any atom is -0.490 e. The van der Waals surface area contributed by atoms with E-state index in [2.05, 4.69) is 13.5 Å². The second-order valence-corrected chi connectivity index (χ2v) is 2.93. The van der Waals surface area contributed by atoms with Gasteiger partial charge in [0, 0.05) is 0 Å². The number of rotatable bonds is 6. The van der Waals surface area contributed by atoms with Gasteiger partial charge in [-0.05, 0) is 18.6 Å². The van der Waals surface area contributed by atoms with Crippen molar-refractivity contribution in [2.45, 2.75) is 19.8 Å². The molecule has 2 nitrogen and oxygen atoms in total. The van der Waals surface area contributed by atoms with Crippen LogP contribution in [-0.2, 0) is 0 Å². The molecule has 0 aromatic heterocycles. The van der Waals surface area contributed by atoms with Gasteiger partial charge in [-0.15, -0.1) is 0 Å². The Bertz CT molecular complexity index is 281. The molecule has 1 aromatic carbocycles. The van der Waals surface area contributed by atoms with Crippen LogP contribution in [0.25, 0.3) is 0 Å². The Hall–Kier alpha value is -1.44. The van der Waals surface area contributed by atoms with Crippen LogP contribution in [0, 0.1) is 0 Å². The largest absolute Gasteiger partial charge is 0.490 e. The molecule has 0 saturated carbocycles. The van der Waals surface area contributed by atoms with Crippen molar-refractivity contribution in [3.63, 3.8) is 0 Å². The number of para-hydroxylation sites is 2. The van der Waals surface area contributed by atoms with Gasteiger partial charge in [0.15, 0.2) is 11.5 Å². The Morgan fingerprint density at radius 3 is 2.64 bits per heavy atom.